The Morgan fingerprint density at radius 2 is 2.24 bits per heavy atom. The van der Waals surface area contributed by atoms with Crippen LogP contribution in [0.1, 0.15) is 28.8 Å². The van der Waals surface area contributed by atoms with Crippen molar-refractivity contribution in [3.63, 3.8) is 0 Å². The number of carbonyl (C=O) groups excluding carboxylic acids is 1. The Hall–Kier alpha value is -2.96. The molecule has 1 saturated heterocycles. The molecule has 128 valence electrons. The van der Waals surface area contributed by atoms with Crippen molar-refractivity contribution in [3.8, 4) is 0 Å². The molecule has 1 unspecified atom stereocenters. The van der Waals surface area contributed by atoms with Gasteiger partial charge in [-0.3, -0.25) is 14.3 Å². The molecule has 3 aromatic rings. The molecule has 1 N–H and O–H groups in total. The Kier molecular flexibility index (Phi) is 3.83. The van der Waals surface area contributed by atoms with Crippen LogP contribution in [0.3, 0.4) is 0 Å². The smallest absolute Gasteiger partial charge is 0.254 e. The van der Waals surface area contributed by atoms with Gasteiger partial charge in [-0.2, -0.15) is 5.10 Å². The normalized spacial score (nSPS) is 17.3. The first-order chi connectivity index (χ1) is 12.1. The third-order valence-corrected chi connectivity index (χ3v) is 4.80. The molecule has 1 aromatic carbocycles. The molecule has 1 atom stereocenters. The second-order valence-corrected chi connectivity index (χ2v) is 6.49. The lowest BCUT2D eigenvalue weighted by molar-refractivity contribution is 0.0721. The van der Waals surface area contributed by atoms with E-state index in [0.29, 0.717) is 17.6 Å². The fraction of sp³-hybridized carbons (Fsp3) is 0.333. The number of fused-ring (bicyclic) bond motifs is 1. The maximum Gasteiger partial charge on any atom is 0.254 e. The van der Waals surface area contributed by atoms with E-state index in [1.54, 1.807) is 23.1 Å². The van der Waals surface area contributed by atoms with Crippen LogP contribution in [0.25, 0.3) is 10.9 Å². The molecular weight excluding hydrogens is 318 g/mol. The van der Waals surface area contributed by atoms with Crippen molar-refractivity contribution < 1.29 is 4.79 Å². The standard InChI is InChI=1S/C18H19N5O2/c1-12-7-17(24)21-16-8-13(4-5-15(12)16)18(25)23-6-2-3-14(23)9-22-11-19-10-20-22/h4-5,7-8,10-11,14H,2-3,6,9H2,1H3,(H,21,24). The summed E-state index contributed by atoms with van der Waals surface area (Å²) in [5.74, 6) is -0.00753. The average molecular weight is 337 g/mol. The van der Waals surface area contributed by atoms with E-state index in [2.05, 4.69) is 15.1 Å². The van der Waals surface area contributed by atoms with E-state index in [4.69, 9.17) is 0 Å². The van der Waals surface area contributed by atoms with E-state index in [-0.39, 0.29) is 17.5 Å². The van der Waals surface area contributed by atoms with Crippen molar-refractivity contribution in [1.82, 2.24) is 24.6 Å². The summed E-state index contributed by atoms with van der Waals surface area (Å²) in [4.78, 5) is 33.4. The zero-order chi connectivity index (χ0) is 17.4. The van der Waals surface area contributed by atoms with Crippen molar-refractivity contribution in [2.24, 2.45) is 0 Å². The predicted octanol–water partition coefficient (Wildman–Crippen LogP) is 1.73. The van der Waals surface area contributed by atoms with E-state index in [1.165, 1.54) is 6.33 Å². The number of aromatic amines is 1. The summed E-state index contributed by atoms with van der Waals surface area (Å²) < 4.78 is 1.76. The van der Waals surface area contributed by atoms with Crippen molar-refractivity contribution in [3.05, 3.63) is 58.4 Å². The van der Waals surface area contributed by atoms with Gasteiger partial charge in [0.25, 0.3) is 5.91 Å². The van der Waals surface area contributed by atoms with E-state index < -0.39 is 0 Å². The van der Waals surface area contributed by atoms with E-state index in [0.717, 1.165) is 30.3 Å². The van der Waals surface area contributed by atoms with Crippen LogP contribution >= 0.6 is 0 Å². The molecule has 7 nitrogen and oxygen atoms in total. The van der Waals surface area contributed by atoms with Gasteiger partial charge in [-0.25, -0.2) is 4.98 Å². The lowest BCUT2D eigenvalue weighted by Crippen LogP contribution is -2.38. The number of hydrogen-bond acceptors (Lipinski definition) is 4. The molecule has 0 bridgehead atoms. The van der Waals surface area contributed by atoms with Gasteiger partial charge in [0.1, 0.15) is 12.7 Å². The first kappa shape index (κ1) is 15.6. The van der Waals surface area contributed by atoms with Gasteiger partial charge in [-0.15, -0.1) is 0 Å². The minimum atomic E-state index is -0.153. The Balaban J connectivity index is 1.63. The molecule has 0 saturated carbocycles. The van der Waals surface area contributed by atoms with Crippen molar-refractivity contribution >= 4 is 16.8 Å². The topological polar surface area (TPSA) is 83.9 Å². The fourth-order valence-corrected chi connectivity index (χ4v) is 3.57. The molecule has 7 heteroatoms. The lowest BCUT2D eigenvalue weighted by atomic mass is 10.1. The van der Waals surface area contributed by atoms with Crippen LogP contribution in [0.4, 0.5) is 0 Å². The van der Waals surface area contributed by atoms with Crippen LogP contribution in [0, 0.1) is 6.92 Å². The number of H-pyrrole nitrogens is 1. The predicted molar refractivity (Wildman–Crippen MR) is 93.4 cm³/mol. The van der Waals surface area contributed by atoms with Crippen LogP contribution < -0.4 is 5.56 Å². The molecule has 4 rings (SSSR count). The number of nitrogens with zero attached hydrogens (tertiary/aromatic N) is 4. The van der Waals surface area contributed by atoms with Crippen LogP contribution in [0.2, 0.25) is 0 Å². The number of amides is 1. The van der Waals surface area contributed by atoms with E-state index in [9.17, 15) is 9.59 Å². The van der Waals surface area contributed by atoms with Crippen LogP contribution in [0.15, 0.2) is 41.7 Å². The number of rotatable bonds is 3. The average Bonchev–Trinajstić information content (AvgIpc) is 3.26. The minimum absolute atomic E-state index is 0.00753. The molecule has 1 fully saturated rings. The van der Waals surface area contributed by atoms with Gasteiger partial charge in [-0.1, -0.05) is 6.07 Å². The Morgan fingerprint density at radius 3 is 3.04 bits per heavy atom. The first-order valence-electron chi connectivity index (χ1n) is 8.39. The van der Waals surface area contributed by atoms with E-state index >= 15 is 0 Å². The van der Waals surface area contributed by atoms with Crippen molar-refractivity contribution in [1.29, 1.82) is 0 Å². The van der Waals surface area contributed by atoms with Gasteiger partial charge in [0.05, 0.1) is 12.6 Å². The molecular formula is C18H19N5O2. The lowest BCUT2D eigenvalue weighted by Gasteiger charge is -2.24. The van der Waals surface area contributed by atoms with Crippen LogP contribution in [0.5, 0.6) is 0 Å². The highest BCUT2D eigenvalue weighted by atomic mass is 16.2. The molecule has 25 heavy (non-hydrogen) atoms. The SMILES string of the molecule is Cc1cc(=O)[nH]c2cc(C(=O)N3CCCC3Cn3cncn3)ccc12. The molecule has 1 aliphatic heterocycles. The summed E-state index contributed by atoms with van der Waals surface area (Å²) >= 11 is 0. The third-order valence-electron chi connectivity index (χ3n) is 4.80. The highest BCUT2D eigenvalue weighted by Crippen LogP contribution is 2.23. The number of benzene rings is 1. The van der Waals surface area contributed by atoms with Gasteiger partial charge >= 0.3 is 0 Å². The molecule has 0 aliphatic carbocycles. The Bertz CT molecular complexity index is 977. The summed E-state index contributed by atoms with van der Waals surface area (Å²) in [6.45, 7) is 3.28. The highest BCUT2D eigenvalue weighted by Gasteiger charge is 2.30. The maximum absolute atomic E-state index is 13.0. The Morgan fingerprint density at radius 1 is 1.36 bits per heavy atom. The highest BCUT2D eigenvalue weighted by molar-refractivity contribution is 5.98. The molecule has 1 amide bonds. The number of likely N-dealkylation sites (tertiary alicyclic amines) is 1. The fourth-order valence-electron chi connectivity index (χ4n) is 3.57. The molecule has 1 aliphatic rings. The molecule has 0 radical (unpaired) electrons. The number of aryl methyl sites for hydroxylation is 1. The second kappa shape index (κ2) is 6.16. The largest absolute Gasteiger partial charge is 0.334 e. The van der Waals surface area contributed by atoms with Gasteiger partial charge in [0.15, 0.2) is 0 Å². The zero-order valence-electron chi connectivity index (χ0n) is 14.0. The maximum atomic E-state index is 13.0. The summed E-state index contributed by atoms with van der Waals surface area (Å²) in [5.41, 5.74) is 2.05. The monoisotopic (exact) mass is 337 g/mol. The number of carbonyl (C=O) groups is 1. The van der Waals surface area contributed by atoms with Crippen molar-refractivity contribution in [2.45, 2.75) is 32.4 Å². The van der Waals surface area contributed by atoms with Crippen molar-refractivity contribution in [2.75, 3.05) is 6.54 Å². The quantitative estimate of drug-likeness (QED) is 0.789. The zero-order valence-corrected chi connectivity index (χ0v) is 14.0. The number of nitrogens with one attached hydrogen (secondary N) is 1. The van der Waals surface area contributed by atoms with Gasteiger partial charge in [0, 0.05) is 29.1 Å². The number of pyridine rings is 1. The minimum Gasteiger partial charge on any atom is -0.334 e. The Labute approximate surface area is 144 Å². The van der Waals surface area contributed by atoms with E-state index in [1.807, 2.05) is 24.0 Å². The summed E-state index contributed by atoms with van der Waals surface area (Å²) in [7, 11) is 0. The molecule has 2 aromatic heterocycles. The molecule has 3 heterocycles. The summed E-state index contributed by atoms with van der Waals surface area (Å²) in [6, 6.07) is 7.19. The third kappa shape index (κ3) is 2.93. The molecule has 0 spiro atoms. The van der Waals surface area contributed by atoms with Crippen LogP contribution in [-0.4, -0.2) is 43.1 Å². The second-order valence-electron chi connectivity index (χ2n) is 6.49. The summed E-state index contributed by atoms with van der Waals surface area (Å²) in [5, 5.41) is 5.09. The number of aromatic nitrogens is 4. The summed E-state index contributed by atoms with van der Waals surface area (Å²) in [6.07, 6.45) is 5.11. The van der Waals surface area contributed by atoms with Crippen LogP contribution in [-0.2, 0) is 6.54 Å². The van der Waals surface area contributed by atoms with Gasteiger partial charge in [-0.05, 0) is 37.5 Å². The van der Waals surface area contributed by atoms with Gasteiger partial charge in [0.2, 0.25) is 5.56 Å². The number of hydrogen-bond donors (Lipinski definition) is 1. The first-order valence-corrected chi connectivity index (χ1v) is 8.39. The van der Waals surface area contributed by atoms with Gasteiger partial charge < -0.3 is 9.88 Å².